The summed E-state index contributed by atoms with van der Waals surface area (Å²) in [5.74, 6) is -0.339. The molecule has 0 radical (unpaired) electrons. The maximum atomic E-state index is 12.7. The number of likely N-dealkylation sites (N-methyl/N-ethyl adjacent to an activating group) is 1. The Morgan fingerprint density at radius 3 is 1.50 bits per heavy atom. The average molecular weight is 840 g/mol. The van der Waals surface area contributed by atoms with Crippen molar-refractivity contribution in [2.75, 3.05) is 54.1 Å². The number of esters is 1. The molecular formula is C49H94NO7P. The van der Waals surface area contributed by atoms with E-state index in [0.717, 1.165) is 70.6 Å². The molecule has 8 nitrogen and oxygen atoms in total. The number of allylic oxidation sites excluding steroid dienone is 6. The van der Waals surface area contributed by atoms with E-state index in [9.17, 15) is 14.3 Å². The molecule has 0 rings (SSSR count). The molecule has 0 aliphatic heterocycles. The summed E-state index contributed by atoms with van der Waals surface area (Å²) in [6, 6.07) is 0. The Balaban J connectivity index is 4.13. The van der Waals surface area contributed by atoms with Crippen LogP contribution in [0.1, 0.15) is 213 Å². The number of rotatable bonds is 45. The zero-order chi connectivity index (χ0) is 42.7. The fourth-order valence-electron chi connectivity index (χ4n) is 6.74. The van der Waals surface area contributed by atoms with Crippen molar-refractivity contribution in [3.63, 3.8) is 0 Å². The van der Waals surface area contributed by atoms with Crippen LogP contribution in [0.2, 0.25) is 0 Å². The third-order valence-corrected chi connectivity index (χ3v) is 11.4. The summed E-state index contributed by atoms with van der Waals surface area (Å²) in [4.78, 5) is 25.1. The lowest BCUT2D eigenvalue weighted by Crippen LogP contribution is -2.37. The fraction of sp³-hybridized carbons (Fsp3) is 0.857. The number of phosphoric acid groups is 1. The van der Waals surface area contributed by atoms with Gasteiger partial charge in [-0.1, -0.05) is 198 Å². The summed E-state index contributed by atoms with van der Waals surface area (Å²) in [5.41, 5.74) is 0. The maximum absolute atomic E-state index is 12.7. The number of hydrogen-bond acceptors (Lipinski definition) is 7. The average Bonchev–Trinajstić information content (AvgIpc) is 3.18. The van der Waals surface area contributed by atoms with Gasteiger partial charge in [0.25, 0.3) is 7.82 Å². The van der Waals surface area contributed by atoms with Gasteiger partial charge in [0.15, 0.2) is 0 Å². The number of hydrogen-bond donors (Lipinski definition) is 0. The van der Waals surface area contributed by atoms with Gasteiger partial charge in [-0.3, -0.25) is 9.36 Å². The summed E-state index contributed by atoms with van der Waals surface area (Å²) >= 11 is 0. The lowest BCUT2D eigenvalue weighted by atomic mass is 10.0. The Labute approximate surface area is 359 Å². The van der Waals surface area contributed by atoms with E-state index in [1.165, 1.54) is 122 Å². The topological polar surface area (TPSA) is 94.1 Å². The van der Waals surface area contributed by atoms with E-state index in [2.05, 4.69) is 50.3 Å². The first-order chi connectivity index (χ1) is 28.1. The van der Waals surface area contributed by atoms with Crippen LogP contribution in [0.15, 0.2) is 36.5 Å². The summed E-state index contributed by atoms with van der Waals surface area (Å²) in [6.07, 6.45) is 50.3. The van der Waals surface area contributed by atoms with Crippen molar-refractivity contribution in [3.8, 4) is 0 Å². The van der Waals surface area contributed by atoms with E-state index in [1.54, 1.807) is 0 Å². The third kappa shape index (κ3) is 45.8. The van der Waals surface area contributed by atoms with Crippen LogP contribution in [-0.4, -0.2) is 70.7 Å². The van der Waals surface area contributed by atoms with Crippen LogP contribution >= 0.6 is 7.82 Å². The largest absolute Gasteiger partial charge is 0.756 e. The van der Waals surface area contributed by atoms with Crippen LogP contribution in [0.5, 0.6) is 0 Å². The van der Waals surface area contributed by atoms with Crippen LogP contribution < -0.4 is 4.89 Å². The van der Waals surface area contributed by atoms with Crippen LogP contribution in [0.4, 0.5) is 0 Å². The van der Waals surface area contributed by atoms with Crippen molar-refractivity contribution in [2.24, 2.45) is 0 Å². The fourth-order valence-corrected chi connectivity index (χ4v) is 7.47. The molecule has 0 aromatic rings. The standard InChI is InChI=1S/C49H94NO7P/c1-6-8-10-12-14-16-18-20-22-23-24-25-26-27-28-29-30-32-34-36-38-40-42-49(51)57-48(47-56-58(52,53)55-45-43-50(3,4)5)46-54-44-41-39-37-35-33-31-21-19-17-15-13-11-9-7-2/h9,11,15,17,21,31,48H,6-8,10,12-14,16,18-20,22-30,32-47H2,1-5H3/b11-9-,17-15-,31-21-. The molecule has 0 spiro atoms. The van der Waals surface area contributed by atoms with Gasteiger partial charge in [-0.2, -0.15) is 0 Å². The van der Waals surface area contributed by atoms with Gasteiger partial charge in [0.2, 0.25) is 0 Å². The Morgan fingerprint density at radius 2 is 1.00 bits per heavy atom. The van der Waals surface area contributed by atoms with Gasteiger partial charge in [0.05, 0.1) is 34.4 Å². The van der Waals surface area contributed by atoms with Gasteiger partial charge in [-0.15, -0.1) is 0 Å². The van der Waals surface area contributed by atoms with E-state index in [-0.39, 0.29) is 25.8 Å². The molecule has 0 heterocycles. The Hall–Kier alpha value is -1.28. The number of quaternary nitrogens is 1. The molecule has 0 fully saturated rings. The molecule has 2 atom stereocenters. The van der Waals surface area contributed by atoms with Crippen molar-refractivity contribution in [1.29, 1.82) is 0 Å². The highest BCUT2D eigenvalue weighted by Crippen LogP contribution is 2.38. The van der Waals surface area contributed by atoms with Crippen molar-refractivity contribution >= 4 is 13.8 Å². The predicted octanol–water partition coefficient (Wildman–Crippen LogP) is 13.9. The quantitative estimate of drug-likeness (QED) is 0.0198. The molecule has 0 aliphatic carbocycles. The highest BCUT2D eigenvalue weighted by atomic mass is 31.2. The number of carbonyl (C=O) groups excluding carboxylic acids is 1. The van der Waals surface area contributed by atoms with Gasteiger partial charge in [-0.05, 0) is 44.9 Å². The van der Waals surface area contributed by atoms with Crippen molar-refractivity contribution in [1.82, 2.24) is 0 Å². The number of unbranched alkanes of at least 4 members (excludes halogenated alkanes) is 25. The highest BCUT2D eigenvalue weighted by molar-refractivity contribution is 7.45. The number of ether oxygens (including phenoxy) is 2. The summed E-state index contributed by atoms with van der Waals surface area (Å²) in [6.45, 7) is 5.27. The van der Waals surface area contributed by atoms with Gasteiger partial charge in [0.1, 0.15) is 19.3 Å². The molecule has 0 aromatic heterocycles. The first kappa shape index (κ1) is 56.7. The molecule has 58 heavy (non-hydrogen) atoms. The highest BCUT2D eigenvalue weighted by Gasteiger charge is 2.20. The van der Waals surface area contributed by atoms with Gasteiger partial charge < -0.3 is 27.9 Å². The number of nitrogens with zero attached hydrogens (tertiary/aromatic N) is 1. The van der Waals surface area contributed by atoms with Gasteiger partial charge in [0, 0.05) is 13.0 Å². The van der Waals surface area contributed by atoms with Crippen LogP contribution in [0, 0.1) is 0 Å². The molecule has 0 amide bonds. The molecule has 0 N–H and O–H groups in total. The molecule has 0 aliphatic rings. The van der Waals surface area contributed by atoms with Crippen molar-refractivity contribution in [3.05, 3.63) is 36.5 Å². The lowest BCUT2D eigenvalue weighted by molar-refractivity contribution is -0.870. The number of carbonyl (C=O) groups is 1. The van der Waals surface area contributed by atoms with E-state index in [0.29, 0.717) is 24.1 Å². The molecule has 0 saturated heterocycles. The Morgan fingerprint density at radius 1 is 0.552 bits per heavy atom. The van der Waals surface area contributed by atoms with E-state index in [4.69, 9.17) is 18.5 Å². The monoisotopic (exact) mass is 840 g/mol. The Bertz CT molecular complexity index is 1020. The normalized spacial score (nSPS) is 14.0. The zero-order valence-electron chi connectivity index (χ0n) is 38.7. The molecular weight excluding hydrogens is 746 g/mol. The molecule has 9 heteroatoms. The molecule has 0 bridgehead atoms. The first-order valence-corrected chi connectivity index (χ1v) is 25.7. The SMILES string of the molecule is CC/C=C\C/C=C\C/C=C\CCCCCCOCC(COP(=O)([O-])OCC[N+](C)(C)C)OC(=O)CCCCCCCCCCCCCCCCCCCCCCCC. The van der Waals surface area contributed by atoms with Crippen molar-refractivity contribution < 1.29 is 37.3 Å². The maximum Gasteiger partial charge on any atom is 0.306 e. The smallest absolute Gasteiger partial charge is 0.306 e. The first-order valence-electron chi connectivity index (χ1n) is 24.2. The molecule has 0 aromatic carbocycles. The summed E-state index contributed by atoms with van der Waals surface area (Å²) in [7, 11) is 1.35. The summed E-state index contributed by atoms with van der Waals surface area (Å²) in [5, 5.41) is 0. The zero-order valence-corrected chi connectivity index (χ0v) is 39.6. The minimum atomic E-state index is -4.53. The predicted molar refractivity (Wildman–Crippen MR) is 245 cm³/mol. The lowest BCUT2D eigenvalue weighted by Gasteiger charge is -2.28. The van der Waals surface area contributed by atoms with Crippen molar-refractivity contribution in [2.45, 2.75) is 219 Å². The second-order valence-electron chi connectivity index (χ2n) is 17.4. The van der Waals surface area contributed by atoms with Gasteiger partial charge in [-0.25, -0.2) is 0 Å². The van der Waals surface area contributed by atoms with E-state index in [1.807, 2.05) is 21.1 Å². The minimum absolute atomic E-state index is 0.0223. The van der Waals surface area contributed by atoms with Crippen LogP contribution in [0.25, 0.3) is 0 Å². The van der Waals surface area contributed by atoms with Crippen LogP contribution in [-0.2, 0) is 27.9 Å². The summed E-state index contributed by atoms with van der Waals surface area (Å²) < 4.78 is 34.6. The molecule has 0 saturated carbocycles. The van der Waals surface area contributed by atoms with E-state index >= 15 is 0 Å². The number of phosphoric ester groups is 1. The Kier molecular flexibility index (Phi) is 41.5. The minimum Gasteiger partial charge on any atom is -0.756 e. The second kappa shape index (κ2) is 42.4. The third-order valence-electron chi connectivity index (χ3n) is 10.5. The van der Waals surface area contributed by atoms with Crippen LogP contribution in [0.3, 0.4) is 0 Å². The second-order valence-corrected chi connectivity index (χ2v) is 18.9. The van der Waals surface area contributed by atoms with E-state index < -0.39 is 13.9 Å². The molecule has 342 valence electrons. The molecule has 2 unspecified atom stereocenters. The van der Waals surface area contributed by atoms with Gasteiger partial charge >= 0.3 is 5.97 Å².